The largest absolute Gasteiger partial charge is 0.272 e. The number of hydrogen-bond acceptors (Lipinski definition) is 3. The van der Waals surface area contributed by atoms with E-state index < -0.39 is 0 Å². The number of benzene rings is 2. The monoisotopic (exact) mass is 385 g/mol. The fraction of sp³-hybridized carbons (Fsp3) is 0.238. The molecular weight excluding hydrogens is 366 g/mol. The maximum absolute atomic E-state index is 13.3. The van der Waals surface area contributed by atoms with E-state index in [0.717, 1.165) is 22.3 Å². The van der Waals surface area contributed by atoms with E-state index in [2.05, 4.69) is 0 Å². The number of hydrogen-bond donors (Lipinski definition) is 0. The molecule has 0 bridgehead atoms. The lowest BCUT2D eigenvalue weighted by Crippen LogP contribution is -2.32. The molecule has 5 heteroatoms. The second kappa shape index (κ2) is 7.29. The highest BCUT2D eigenvalue weighted by Crippen LogP contribution is 2.41. The predicted molar refractivity (Wildman–Crippen MR) is 110 cm³/mol. The summed E-state index contributed by atoms with van der Waals surface area (Å²) in [6.45, 7) is 7.77. The lowest BCUT2D eigenvalue weighted by molar-refractivity contribution is -0.119. The number of thioether (sulfide) groups is 1. The number of rotatable bonds is 4. The van der Waals surface area contributed by atoms with Crippen molar-refractivity contribution in [3.05, 3.63) is 68.6 Å². The molecule has 3 rings (SSSR count). The third-order valence-corrected chi connectivity index (χ3v) is 5.83. The van der Waals surface area contributed by atoms with Crippen LogP contribution in [0.1, 0.15) is 29.2 Å². The number of nitrogens with zero attached hydrogens (tertiary/aromatic N) is 1. The average Bonchev–Trinajstić information content (AvgIpc) is 2.82. The molecule has 0 atom stereocenters. The van der Waals surface area contributed by atoms with Crippen LogP contribution in [0, 0.1) is 20.8 Å². The zero-order valence-electron chi connectivity index (χ0n) is 15.2. The quantitative estimate of drug-likeness (QED) is 0.670. The van der Waals surface area contributed by atoms with Gasteiger partial charge >= 0.3 is 0 Å². The topological polar surface area (TPSA) is 37.4 Å². The number of anilines is 1. The van der Waals surface area contributed by atoms with Gasteiger partial charge in [0.1, 0.15) is 0 Å². The minimum Gasteiger partial charge on any atom is -0.268 e. The van der Waals surface area contributed by atoms with Crippen LogP contribution in [0.25, 0.3) is 5.57 Å². The first-order valence-electron chi connectivity index (χ1n) is 8.45. The van der Waals surface area contributed by atoms with Crippen molar-refractivity contribution in [3.63, 3.8) is 0 Å². The number of amides is 2. The molecule has 0 spiro atoms. The van der Waals surface area contributed by atoms with E-state index in [9.17, 15) is 9.59 Å². The Morgan fingerprint density at radius 3 is 2.42 bits per heavy atom. The Labute approximate surface area is 163 Å². The summed E-state index contributed by atoms with van der Waals surface area (Å²) >= 11 is 7.62. The van der Waals surface area contributed by atoms with Crippen molar-refractivity contribution in [1.29, 1.82) is 0 Å². The zero-order chi connectivity index (χ0) is 19.0. The molecule has 2 amide bonds. The summed E-state index contributed by atoms with van der Waals surface area (Å²) in [5, 5.41) is 0.535. The minimum atomic E-state index is -0.289. The molecule has 0 unspecified atom stereocenters. The van der Waals surface area contributed by atoms with Gasteiger partial charge in [0.2, 0.25) is 0 Å². The Morgan fingerprint density at radius 2 is 1.77 bits per heavy atom. The lowest BCUT2D eigenvalue weighted by Gasteiger charge is -2.18. The molecule has 3 nitrogen and oxygen atoms in total. The summed E-state index contributed by atoms with van der Waals surface area (Å²) in [6, 6.07) is 11.2. The molecule has 0 saturated carbocycles. The second-order valence-electron chi connectivity index (χ2n) is 6.29. The van der Waals surface area contributed by atoms with Gasteiger partial charge in [-0.25, -0.2) is 4.90 Å². The fourth-order valence-electron chi connectivity index (χ4n) is 3.18. The molecular formula is C21H20ClNO2S. The van der Waals surface area contributed by atoms with Crippen LogP contribution >= 0.6 is 23.4 Å². The molecule has 0 aliphatic carbocycles. The highest BCUT2D eigenvalue weighted by atomic mass is 35.5. The lowest BCUT2D eigenvalue weighted by atomic mass is 9.98. The summed E-state index contributed by atoms with van der Waals surface area (Å²) in [5.41, 5.74) is 4.67. The SMILES string of the molecule is CCSC1=C(c2ccc(C)cc2C)C(=O)N(c2cccc(Cl)c2C)C1=O. The Balaban J connectivity index is 2.17. The molecule has 0 aromatic heterocycles. The maximum atomic E-state index is 13.3. The van der Waals surface area contributed by atoms with Gasteiger partial charge in [0.05, 0.1) is 16.2 Å². The highest BCUT2D eigenvalue weighted by molar-refractivity contribution is 8.04. The van der Waals surface area contributed by atoms with Crippen molar-refractivity contribution < 1.29 is 9.59 Å². The number of aryl methyl sites for hydroxylation is 2. The summed E-state index contributed by atoms with van der Waals surface area (Å²) in [5.74, 6) is 0.149. The first-order chi connectivity index (χ1) is 12.4. The number of halogens is 1. The predicted octanol–water partition coefficient (Wildman–Crippen LogP) is 5.30. The Hall–Kier alpha value is -2.04. The van der Waals surface area contributed by atoms with E-state index in [1.165, 1.54) is 16.7 Å². The van der Waals surface area contributed by atoms with E-state index in [0.29, 0.717) is 26.9 Å². The fourth-order valence-corrected chi connectivity index (χ4v) is 4.19. The molecule has 1 aliphatic rings. The van der Waals surface area contributed by atoms with Gasteiger partial charge in [0.15, 0.2) is 0 Å². The van der Waals surface area contributed by atoms with E-state index in [4.69, 9.17) is 11.6 Å². The number of imide groups is 1. The summed E-state index contributed by atoms with van der Waals surface area (Å²) in [6.07, 6.45) is 0. The molecule has 0 N–H and O–H groups in total. The molecule has 0 radical (unpaired) electrons. The normalized spacial score (nSPS) is 14.6. The van der Waals surface area contributed by atoms with Crippen LogP contribution in [-0.4, -0.2) is 17.6 Å². The van der Waals surface area contributed by atoms with Crippen LogP contribution in [0.15, 0.2) is 41.3 Å². The Bertz CT molecular complexity index is 949. The van der Waals surface area contributed by atoms with Crippen LogP contribution in [0.2, 0.25) is 5.02 Å². The number of carbonyl (C=O) groups excluding carboxylic acids is 2. The summed E-state index contributed by atoms with van der Waals surface area (Å²) in [4.78, 5) is 28.2. The van der Waals surface area contributed by atoms with Gasteiger partial charge in [-0.2, -0.15) is 0 Å². The zero-order valence-corrected chi connectivity index (χ0v) is 16.8. The van der Waals surface area contributed by atoms with Crippen molar-refractivity contribution in [2.24, 2.45) is 0 Å². The maximum Gasteiger partial charge on any atom is 0.272 e. The van der Waals surface area contributed by atoms with Crippen molar-refractivity contribution in [3.8, 4) is 0 Å². The molecule has 26 heavy (non-hydrogen) atoms. The van der Waals surface area contributed by atoms with Crippen molar-refractivity contribution in [2.75, 3.05) is 10.7 Å². The first-order valence-corrected chi connectivity index (χ1v) is 9.81. The minimum absolute atomic E-state index is 0.276. The molecule has 2 aromatic rings. The highest BCUT2D eigenvalue weighted by Gasteiger charge is 2.41. The van der Waals surface area contributed by atoms with Crippen LogP contribution < -0.4 is 4.90 Å². The summed E-state index contributed by atoms with van der Waals surface area (Å²) < 4.78 is 0. The van der Waals surface area contributed by atoms with Gasteiger partial charge in [-0.3, -0.25) is 9.59 Å². The molecule has 0 fully saturated rings. The molecule has 134 valence electrons. The van der Waals surface area contributed by atoms with Gasteiger partial charge in [0, 0.05) is 5.02 Å². The van der Waals surface area contributed by atoms with Crippen molar-refractivity contribution >= 4 is 46.4 Å². The third kappa shape index (κ3) is 3.08. The standard InChI is InChI=1S/C21H20ClNO2S/c1-5-26-19-18(15-10-9-12(2)11-13(15)3)20(24)23(21(19)25)17-8-6-7-16(22)14(17)4/h6-11H,5H2,1-4H3. The molecule has 2 aromatic carbocycles. The molecule has 1 heterocycles. The van der Waals surface area contributed by atoms with E-state index in [1.807, 2.05) is 45.9 Å². The van der Waals surface area contributed by atoms with Gasteiger partial charge in [-0.05, 0) is 55.3 Å². The Morgan fingerprint density at radius 1 is 1.04 bits per heavy atom. The van der Waals surface area contributed by atoms with Crippen LogP contribution in [0.5, 0.6) is 0 Å². The first kappa shape index (κ1) is 18.7. The number of carbonyl (C=O) groups is 2. The van der Waals surface area contributed by atoms with Gasteiger partial charge in [0.25, 0.3) is 11.8 Å². The Kier molecular flexibility index (Phi) is 5.26. The summed E-state index contributed by atoms with van der Waals surface area (Å²) in [7, 11) is 0. The van der Waals surface area contributed by atoms with Crippen LogP contribution in [0.3, 0.4) is 0 Å². The molecule has 1 aliphatic heterocycles. The van der Waals surface area contributed by atoms with Crippen LogP contribution in [0.4, 0.5) is 5.69 Å². The third-order valence-electron chi connectivity index (χ3n) is 4.46. The second-order valence-corrected chi connectivity index (χ2v) is 7.97. The van der Waals surface area contributed by atoms with Gasteiger partial charge < -0.3 is 0 Å². The average molecular weight is 386 g/mol. The molecule has 0 saturated heterocycles. The van der Waals surface area contributed by atoms with Crippen LogP contribution in [-0.2, 0) is 9.59 Å². The van der Waals surface area contributed by atoms with Gasteiger partial charge in [-0.1, -0.05) is 48.4 Å². The van der Waals surface area contributed by atoms with Gasteiger partial charge in [-0.15, -0.1) is 11.8 Å². The van der Waals surface area contributed by atoms with E-state index in [-0.39, 0.29) is 11.8 Å². The van der Waals surface area contributed by atoms with E-state index in [1.54, 1.807) is 18.2 Å². The van der Waals surface area contributed by atoms with E-state index >= 15 is 0 Å². The van der Waals surface area contributed by atoms with Crippen molar-refractivity contribution in [2.45, 2.75) is 27.7 Å². The van der Waals surface area contributed by atoms with Crippen molar-refractivity contribution in [1.82, 2.24) is 0 Å². The smallest absolute Gasteiger partial charge is 0.268 e.